The van der Waals surface area contributed by atoms with E-state index in [0.717, 1.165) is 32.1 Å². The van der Waals surface area contributed by atoms with Crippen molar-refractivity contribution in [2.45, 2.75) is 328 Å². The average Bonchev–Trinajstić information content (AvgIpc) is 3.33. The first-order valence-electron chi connectivity index (χ1n) is 30.2. The molecule has 0 heterocycles. The van der Waals surface area contributed by atoms with Crippen LogP contribution in [0.4, 0.5) is 0 Å². The van der Waals surface area contributed by atoms with Gasteiger partial charge < -0.3 is 20.1 Å². The maximum absolute atomic E-state index is 12.7. The Hall–Kier alpha value is -0.760. The molecule has 0 bridgehead atoms. The van der Waals surface area contributed by atoms with Crippen LogP contribution < -0.4 is 5.73 Å². The zero-order valence-electron chi connectivity index (χ0n) is 45.6. The van der Waals surface area contributed by atoms with Crippen molar-refractivity contribution in [2.24, 2.45) is 5.73 Å². The highest BCUT2D eigenvalue weighted by Gasteiger charge is 2.25. The lowest BCUT2D eigenvalue weighted by atomic mass is 10.0. The first-order chi connectivity index (χ1) is 33.4. The van der Waals surface area contributed by atoms with Crippen LogP contribution >= 0.6 is 7.82 Å². The van der Waals surface area contributed by atoms with Crippen LogP contribution in [0.2, 0.25) is 0 Å². The first kappa shape index (κ1) is 67.2. The van der Waals surface area contributed by atoms with E-state index in [1.807, 2.05) is 0 Å². The van der Waals surface area contributed by atoms with Gasteiger partial charge in [-0.3, -0.25) is 13.8 Å². The fourth-order valence-electron chi connectivity index (χ4n) is 9.23. The van der Waals surface area contributed by atoms with Gasteiger partial charge in [-0.05, 0) is 38.5 Å². The molecule has 0 saturated heterocycles. The van der Waals surface area contributed by atoms with E-state index in [-0.39, 0.29) is 32.3 Å². The number of ether oxygens (including phenoxy) is 2. The summed E-state index contributed by atoms with van der Waals surface area (Å²) >= 11 is 0. The van der Waals surface area contributed by atoms with Gasteiger partial charge in [0.25, 0.3) is 0 Å². The van der Waals surface area contributed by atoms with Crippen molar-refractivity contribution in [2.75, 3.05) is 33.0 Å². The van der Waals surface area contributed by atoms with Gasteiger partial charge in [-0.1, -0.05) is 289 Å². The Morgan fingerprint density at radius 3 is 1.07 bits per heavy atom. The van der Waals surface area contributed by atoms with Crippen LogP contribution in [0, 0.1) is 0 Å². The molecular weight excluding hydrogens is 866 g/mol. The number of hydrogen-bond acceptors (Lipinski definition) is 7. The summed E-state index contributed by atoms with van der Waals surface area (Å²) in [6.07, 6.45) is 67.1. The van der Waals surface area contributed by atoms with Gasteiger partial charge in [0.15, 0.2) is 0 Å². The maximum Gasteiger partial charge on any atom is 0.472 e. The van der Waals surface area contributed by atoms with Gasteiger partial charge in [0.2, 0.25) is 0 Å². The maximum atomic E-state index is 12.7. The molecule has 68 heavy (non-hydrogen) atoms. The quantitative estimate of drug-likeness (QED) is 0.0268. The summed E-state index contributed by atoms with van der Waals surface area (Å²) in [7, 11) is -4.28. The van der Waals surface area contributed by atoms with Crippen LogP contribution in [-0.2, 0) is 27.9 Å². The summed E-state index contributed by atoms with van der Waals surface area (Å²) in [4.78, 5) is 22.7. The van der Waals surface area contributed by atoms with Gasteiger partial charge in [-0.2, -0.15) is 0 Å². The van der Waals surface area contributed by atoms with Crippen LogP contribution in [0.15, 0.2) is 12.2 Å². The SMILES string of the molecule is CCCCCCCCCC/C=C\CCCCCCCCCCCCCCOCC(COP(=O)(O)OCCN)OC(=O)CCCCCCCCCCCCCCCCCCCCCCCCCCC. The number of hydrogen-bond donors (Lipinski definition) is 2. The molecule has 2 atom stereocenters. The van der Waals surface area contributed by atoms with Gasteiger partial charge in [-0.25, -0.2) is 4.57 Å². The van der Waals surface area contributed by atoms with E-state index in [1.54, 1.807) is 0 Å². The van der Waals surface area contributed by atoms with E-state index in [9.17, 15) is 14.3 Å². The standard InChI is InChI=1S/C59H118NO7P/c1-3-5-7-9-11-13-15-17-19-21-23-25-27-29-30-32-34-36-38-40-42-44-46-48-50-52-59(61)67-58(57-66-68(62,63)65-55-53-60)56-64-54-51-49-47-45-43-41-39-37-35-33-31-28-26-24-22-20-18-16-14-12-10-8-6-4-2/h22,24,58H,3-21,23,25-57,60H2,1-2H3,(H,62,63)/b24-22-. The monoisotopic (exact) mass is 984 g/mol. The van der Waals surface area contributed by atoms with E-state index < -0.39 is 13.9 Å². The van der Waals surface area contributed by atoms with Crippen LogP contribution in [0.3, 0.4) is 0 Å². The Labute approximate surface area is 424 Å². The van der Waals surface area contributed by atoms with Gasteiger partial charge in [0.1, 0.15) is 6.10 Å². The summed E-state index contributed by atoms with van der Waals surface area (Å²) in [5.74, 6) is -0.320. The Bertz CT molecular complexity index is 1060. The van der Waals surface area contributed by atoms with Crippen LogP contribution in [0.25, 0.3) is 0 Å². The molecule has 0 spiro atoms. The number of phosphoric acid groups is 1. The molecule has 0 aliphatic rings. The number of esters is 1. The molecule has 2 unspecified atom stereocenters. The molecular formula is C59H118NO7P. The van der Waals surface area contributed by atoms with Gasteiger partial charge in [0.05, 0.1) is 19.8 Å². The molecule has 9 heteroatoms. The fourth-order valence-corrected chi connectivity index (χ4v) is 10.00. The molecule has 0 fully saturated rings. The molecule has 0 aromatic carbocycles. The number of carbonyl (C=O) groups excluding carboxylic acids is 1. The highest BCUT2D eigenvalue weighted by Crippen LogP contribution is 2.43. The van der Waals surface area contributed by atoms with E-state index in [1.165, 1.54) is 270 Å². The van der Waals surface area contributed by atoms with E-state index in [0.29, 0.717) is 13.0 Å². The third-order valence-corrected chi connectivity index (χ3v) is 14.7. The van der Waals surface area contributed by atoms with Gasteiger partial charge in [0, 0.05) is 19.6 Å². The minimum atomic E-state index is -4.28. The third-order valence-electron chi connectivity index (χ3n) is 13.7. The smallest absolute Gasteiger partial charge is 0.457 e. The molecule has 0 saturated carbocycles. The van der Waals surface area contributed by atoms with Crippen molar-refractivity contribution in [3.63, 3.8) is 0 Å². The lowest BCUT2D eigenvalue weighted by Crippen LogP contribution is -2.28. The number of rotatable bonds is 59. The largest absolute Gasteiger partial charge is 0.472 e. The highest BCUT2D eigenvalue weighted by molar-refractivity contribution is 7.47. The van der Waals surface area contributed by atoms with Crippen LogP contribution in [0.5, 0.6) is 0 Å². The Morgan fingerprint density at radius 1 is 0.426 bits per heavy atom. The number of phosphoric ester groups is 1. The predicted molar refractivity (Wildman–Crippen MR) is 294 cm³/mol. The van der Waals surface area contributed by atoms with E-state index in [2.05, 4.69) is 26.0 Å². The average molecular weight is 985 g/mol. The normalized spacial score (nSPS) is 13.2. The van der Waals surface area contributed by atoms with Crippen LogP contribution in [0.1, 0.15) is 322 Å². The molecule has 3 N–H and O–H groups in total. The lowest BCUT2D eigenvalue weighted by molar-refractivity contribution is -0.154. The summed E-state index contributed by atoms with van der Waals surface area (Å²) in [5.41, 5.74) is 5.41. The molecule has 406 valence electrons. The predicted octanol–water partition coefficient (Wildman–Crippen LogP) is 19.3. The van der Waals surface area contributed by atoms with E-state index >= 15 is 0 Å². The zero-order chi connectivity index (χ0) is 49.4. The van der Waals surface area contributed by atoms with Crippen molar-refractivity contribution in [3.8, 4) is 0 Å². The van der Waals surface area contributed by atoms with E-state index in [4.69, 9.17) is 24.3 Å². The zero-order valence-corrected chi connectivity index (χ0v) is 46.5. The minimum absolute atomic E-state index is 0.0912. The van der Waals surface area contributed by atoms with Gasteiger partial charge in [-0.15, -0.1) is 0 Å². The second-order valence-corrected chi connectivity index (χ2v) is 22.0. The second kappa shape index (κ2) is 57.1. The molecule has 0 rings (SSSR count). The summed E-state index contributed by atoms with van der Waals surface area (Å²) < 4.78 is 33.7. The van der Waals surface area contributed by atoms with Crippen molar-refractivity contribution in [3.05, 3.63) is 12.2 Å². The van der Waals surface area contributed by atoms with Crippen LogP contribution in [-0.4, -0.2) is 49.9 Å². The number of unbranched alkanes of at least 4 members (excludes halogenated alkanes) is 44. The summed E-state index contributed by atoms with van der Waals surface area (Å²) in [6.45, 7) is 5.01. The number of nitrogens with two attached hydrogens (primary N) is 1. The van der Waals surface area contributed by atoms with Crippen molar-refractivity contribution < 1.29 is 32.8 Å². The molecule has 0 aliphatic heterocycles. The highest BCUT2D eigenvalue weighted by atomic mass is 31.2. The second-order valence-electron chi connectivity index (χ2n) is 20.6. The molecule has 0 aromatic heterocycles. The summed E-state index contributed by atoms with van der Waals surface area (Å²) in [5, 5.41) is 0. The Balaban J connectivity index is 3.81. The lowest BCUT2D eigenvalue weighted by Gasteiger charge is -2.20. The molecule has 8 nitrogen and oxygen atoms in total. The van der Waals surface area contributed by atoms with Crippen molar-refractivity contribution in [1.82, 2.24) is 0 Å². The minimum Gasteiger partial charge on any atom is -0.457 e. The third kappa shape index (κ3) is 56.2. The van der Waals surface area contributed by atoms with Crippen molar-refractivity contribution in [1.29, 1.82) is 0 Å². The molecule has 0 amide bonds. The number of carbonyl (C=O) groups is 1. The van der Waals surface area contributed by atoms with Gasteiger partial charge >= 0.3 is 13.8 Å². The number of allylic oxidation sites excluding steroid dienone is 2. The van der Waals surface area contributed by atoms with Crippen molar-refractivity contribution >= 4 is 13.8 Å². The molecule has 0 aromatic rings. The Kier molecular flexibility index (Phi) is 56.5. The molecule has 0 radical (unpaired) electrons. The first-order valence-corrected chi connectivity index (χ1v) is 31.7. The fraction of sp³-hybridized carbons (Fsp3) is 0.949. The summed E-state index contributed by atoms with van der Waals surface area (Å²) in [6, 6.07) is 0. The molecule has 0 aliphatic carbocycles. The Morgan fingerprint density at radius 2 is 0.735 bits per heavy atom. The topological polar surface area (TPSA) is 117 Å².